The highest BCUT2D eigenvalue weighted by atomic mass is 16.5. The fraction of sp³-hybridized carbons (Fsp3) is 0.364. The molecule has 3 rings (SSSR count). The third-order valence-corrected chi connectivity index (χ3v) is 4.81. The average Bonchev–Trinajstić information content (AvgIpc) is 3.23. The summed E-state index contributed by atoms with van der Waals surface area (Å²) in [6.45, 7) is 5.73. The zero-order chi connectivity index (χ0) is 19.2. The van der Waals surface area contributed by atoms with Crippen LogP contribution in [0.2, 0.25) is 0 Å². The van der Waals surface area contributed by atoms with Gasteiger partial charge in [-0.05, 0) is 74.7 Å². The number of carbonyl (C=O) groups is 2. The van der Waals surface area contributed by atoms with E-state index in [9.17, 15) is 9.59 Å². The van der Waals surface area contributed by atoms with Gasteiger partial charge in [0, 0.05) is 29.9 Å². The highest BCUT2D eigenvalue weighted by molar-refractivity contribution is 6.04. The Balaban J connectivity index is 1.59. The number of carbonyl (C=O) groups excluding carboxylic acids is 2. The van der Waals surface area contributed by atoms with E-state index in [1.54, 1.807) is 48.5 Å². The van der Waals surface area contributed by atoms with Crippen LogP contribution in [-0.4, -0.2) is 35.9 Å². The molecule has 5 nitrogen and oxygen atoms in total. The molecule has 1 N–H and O–H groups in total. The summed E-state index contributed by atoms with van der Waals surface area (Å²) in [5, 5.41) is 2.86. The largest absolute Gasteiger partial charge is 0.491 e. The lowest BCUT2D eigenvalue weighted by atomic mass is 10.1. The SMILES string of the molecule is CC[C@H](C)Oc1ccc(C(=O)Nc2ccc(C(=O)N3CCCC3)cc2)cc1. The van der Waals surface area contributed by atoms with Crippen molar-refractivity contribution in [3.63, 3.8) is 0 Å². The molecule has 27 heavy (non-hydrogen) atoms. The van der Waals surface area contributed by atoms with E-state index in [1.807, 2.05) is 11.8 Å². The van der Waals surface area contributed by atoms with Gasteiger partial charge in [0.05, 0.1) is 6.10 Å². The van der Waals surface area contributed by atoms with Gasteiger partial charge in [0.2, 0.25) is 0 Å². The van der Waals surface area contributed by atoms with Crippen LogP contribution in [0.1, 0.15) is 53.8 Å². The van der Waals surface area contributed by atoms with Gasteiger partial charge < -0.3 is 15.0 Å². The molecule has 1 fully saturated rings. The number of nitrogens with zero attached hydrogens (tertiary/aromatic N) is 1. The number of likely N-dealkylation sites (tertiary alicyclic amines) is 1. The Hall–Kier alpha value is -2.82. The van der Waals surface area contributed by atoms with Crippen LogP contribution in [0.4, 0.5) is 5.69 Å². The van der Waals surface area contributed by atoms with Gasteiger partial charge in [-0.3, -0.25) is 9.59 Å². The first-order valence-electron chi connectivity index (χ1n) is 9.54. The van der Waals surface area contributed by atoms with Gasteiger partial charge in [-0.15, -0.1) is 0 Å². The van der Waals surface area contributed by atoms with Crippen LogP contribution in [0.5, 0.6) is 5.75 Å². The molecular formula is C22H26N2O3. The number of hydrogen-bond donors (Lipinski definition) is 1. The van der Waals surface area contributed by atoms with Gasteiger partial charge in [0.1, 0.15) is 5.75 Å². The normalized spacial score (nSPS) is 14.7. The van der Waals surface area contributed by atoms with Gasteiger partial charge in [-0.1, -0.05) is 6.92 Å². The maximum Gasteiger partial charge on any atom is 0.255 e. The Labute approximate surface area is 160 Å². The van der Waals surface area contributed by atoms with Crippen molar-refractivity contribution in [1.29, 1.82) is 0 Å². The van der Waals surface area contributed by atoms with Gasteiger partial charge in [0.25, 0.3) is 11.8 Å². The summed E-state index contributed by atoms with van der Waals surface area (Å²) in [5.74, 6) is 0.622. The van der Waals surface area contributed by atoms with Crippen LogP contribution in [0, 0.1) is 0 Å². The summed E-state index contributed by atoms with van der Waals surface area (Å²) in [6, 6.07) is 14.2. The Morgan fingerprint density at radius 1 is 1.00 bits per heavy atom. The second kappa shape index (κ2) is 8.71. The van der Waals surface area contributed by atoms with E-state index in [1.165, 1.54) is 0 Å². The number of ether oxygens (including phenoxy) is 1. The zero-order valence-corrected chi connectivity index (χ0v) is 15.9. The number of hydrogen-bond acceptors (Lipinski definition) is 3. The van der Waals surface area contributed by atoms with Crippen molar-refractivity contribution < 1.29 is 14.3 Å². The molecule has 1 atom stereocenters. The number of anilines is 1. The number of nitrogens with one attached hydrogen (secondary N) is 1. The molecule has 2 amide bonds. The van der Waals surface area contributed by atoms with Crippen molar-refractivity contribution in [2.75, 3.05) is 18.4 Å². The standard InChI is InChI=1S/C22H26N2O3/c1-3-16(2)27-20-12-8-17(9-13-20)21(25)23-19-10-6-18(7-11-19)22(26)24-14-4-5-15-24/h6-13,16H,3-5,14-15H2,1-2H3,(H,23,25)/t16-/m0/s1. The second-order valence-corrected chi connectivity index (χ2v) is 6.89. The minimum Gasteiger partial charge on any atom is -0.491 e. The summed E-state index contributed by atoms with van der Waals surface area (Å²) < 4.78 is 5.73. The van der Waals surface area contributed by atoms with Crippen molar-refractivity contribution in [3.8, 4) is 5.75 Å². The molecule has 0 aromatic heterocycles. The van der Waals surface area contributed by atoms with Crippen LogP contribution < -0.4 is 10.1 Å². The molecule has 1 saturated heterocycles. The molecule has 0 spiro atoms. The minimum atomic E-state index is -0.191. The lowest BCUT2D eigenvalue weighted by molar-refractivity contribution is 0.0792. The van der Waals surface area contributed by atoms with Gasteiger partial charge >= 0.3 is 0 Å². The Kier molecular flexibility index (Phi) is 6.12. The van der Waals surface area contributed by atoms with E-state index in [-0.39, 0.29) is 17.9 Å². The third-order valence-electron chi connectivity index (χ3n) is 4.81. The lowest BCUT2D eigenvalue weighted by Crippen LogP contribution is -2.27. The van der Waals surface area contributed by atoms with Crippen molar-refractivity contribution in [3.05, 3.63) is 59.7 Å². The Bertz CT molecular complexity index is 778. The molecule has 0 aliphatic carbocycles. The number of amides is 2. The van der Waals surface area contributed by atoms with Crippen molar-refractivity contribution >= 4 is 17.5 Å². The molecule has 0 unspecified atom stereocenters. The molecule has 1 heterocycles. The molecule has 2 aromatic rings. The van der Waals surface area contributed by atoms with Gasteiger partial charge in [-0.25, -0.2) is 0 Å². The number of benzene rings is 2. The topological polar surface area (TPSA) is 58.6 Å². The molecule has 5 heteroatoms. The minimum absolute atomic E-state index is 0.0577. The zero-order valence-electron chi connectivity index (χ0n) is 15.9. The molecule has 142 valence electrons. The molecule has 2 aromatic carbocycles. The van der Waals surface area contributed by atoms with Crippen molar-refractivity contribution in [2.45, 2.75) is 39.2 Å². The van der Waals surface area contributed by atoms with Crippen LogP contribution in [-0.2, 0) is 0 Å². The van der Waals surface area contributed by atoms with Gasteiger partial charge in [-0.2, -0.15) is 0 Å². The van der Waals surface area contributed by atoms with Crippen molar-refractivity contribution in [2.24, 2.45) is 0 Å². The van der Waals surface area contributed by atoms with Crippen LogP contribution in [0.15, 0.2) is 48.5 Å². The Morgan fingerprint density at radius 3 is 2.19 bits per heavy atom. The second-order valence-electron chi connectivity index (χ2n) is 6.89. The molecule has 1 aliphatic heterocycles. The summed E-state index contributed by atoms with van der Waals surface area (Å²) >= 11 is 0. The molecule has 0 bridgehead atoms. The summed E-state index contributed by atoms with van der Waals surface area (Å²) in [7, 11) is 0. The van der Waals surface area contributed by atoms with Crippen LogP contribution in [0.25, 0.3) is 0 Å². The summed E-state index contributed by atoms with van der Waals surface area (Å²) in [5.41, 5.74) is 1.88. The number of rotatable bonds is 6. The van der Waals surface area contributed by atoms with E-state index < -0.39 is 0 Å². The maximum atomic E-state index is 12.4. The first-order chi connectivity index (χ1) is 13.1. The van der Waals surface area contributed by atoms with Crippen LogP contribution in [0.3, 0.4) is 0 Å². The lowest BCUT2D eigenvalue weighted by Gasteiger charge is -2.15. The highest BCUT2D eigenvalue weighted by Gasteiger charge is 2.19. The van der Waals surface area contributed by atoms with E-state index in [2.05, 4.69) is 12.2 Å². The molecule has 1 aliphatic rings. The quantitative estimate of drug-likeness (QED) is 0.827. The van der Waals surface area contributed by atoms with Crippen LogP contribution >= 0.6 is 0 Å². The molecule has 0 radical (unpaired) electrons. The summed E-state index contributed by atoms with van der Waals surface area (Å²) in [4.78, 5) is 26.6. The van der Waals surface area contributed by atoms with Crippen molar-refractivity contribution in [1.82, 2.24) is 4.90 Å². The first kappa shape index (κ1) is 19.0. The predicted molar refractivity (Wildman–Crippen MR) is 106 cm³/mol. The summed E-state index contributed by atoms with van der Waals surface area (Å²) in [6.07, 6.45) is 3.21. The fourth-order valence-electron chi connectivity index (χ4n) is 3.00. The third kappa shape index (κ3) is 4.88. The smallest absolute Gasteiger partial charge is 0.255 e. The monoisotopic (exact) mass is 366 g/mol. The Morgan fingerprint density at radius 2 is 1.59 bits per heavy atom. The fourth-order valence-corrected chi connectivity index (χ4v) is 3.00. The molecular weight excluding hydrogens is 340 g/mol. The van der Waals surface area contributed by atoms with Gasteiger partial charge in [0.15, 0.2) is 0 Å². The van der Waals surface area contributed by atoms with E-state index >= 15 is 0 Å². The predicted octanol–water partition coefficient (Wildman–Crippen LogP) is 4.35. The maximum absolute atomic E-state index is 12.4. The van der Waals surface area contributed by atoms with E-state index in [0.29, 0.717) is 16.8 Å². The average molecular weight is 366 g/mol. The van der Waals surface area contributed by atoms with E-state index in [4.69, 9.17) is 4.74 Å². The van der Waals surface area contributed by atoms with E-state index in [0.717, 1.165) is 38.1 Å². The first-order valence-corrected chi connectivity index (χ1v) is 9.54. The highest BCUT2D eigenvalue weighted by Crippen LogP contribution is 2.18. The molecule has 0 saturated carbocycles.